The predicted molar refractivity (Wildman–Crippen MR) is 180 cm³/mol. The largest absolute Gasteiger partial charge is 0.491 e. The zero-order valence-corrected chi connectivity index (χ0v) is 26.5. The molecule has 236 valence electrons. The molecule has 45 heavy (non-hydrogen) atoms. The van der Waals surface area contributed by atoms with Gasteiger partial charge >= 0.3 is 0 Å². The summed E-state index contributed by atoms with van der Waals surface area (Å²) in [7, 11) is 0. The van der Waals surface area contributed by atoms with Gasteiger partial charge in [-0.15, -0.1) is 0 Å². The maximum absolute atomic E-state index is 14.5. The molecule has 2 aliphatic rings. The van der Waals surface area contributed by atoms with Gasteiger partial charge in [-0.1, -0.05) is 74.0 Å². The Kier molecular flexibility index (Phi) is 10.4. The number of amides is 1. The molecule has 2 saturated heterocycles. The van der Waals surface area contributed by atoms with Gasteiger partial charge in [0.15, 0.2) is 0 Å². The van der Waals surface area contributed by atoms with E-state index in [1.165, 1.54) is 32.4 Å². The van der Waals surface area contributed by atoms with Crippen LogP contribution in [0.2, 0.25) is 0 Å². The molecule has 6 rings (SSSR count). The predicted octanol–water partition coefficient (Wildman–Crippen LogP) is 6.60. The summed E-state index contributed by atoms with van der Waals surface area (Å²) in [5, 5.41) is 13.5. The van der Waals surface area contributed by atoms with Crippen LogP contribution in [0.5, 0.6) is 5.75 Å². The van der Waals surface area contributed by atoms with E-state index in [-0.39, 0.29) is 25.2 Å². The van der Waals surface area contributed by atoms with E-state index in [4.69, 9.17) is 9.72 Å². The average molecular weight is 607 g/mol. The van der Waals surface area contributed by atoms with Crippen LogP contribution in [0.1, 0.15) is 73.0 Å². The first kappa shape index (κ1) is 31.2. The molecule has 0 radical (unpaired) electrons. The lowest BCUT2D eigenvalue weighted by atomic mass is 9.93. The minimum atomic E-state index is -0.109. The normalized spacial score (nSPS) is 17.3. The van der Waals surface area contributed by atoms with Crippen molar-refractivity contribution in [2.45, 2.75) is 64.1 Å². The molecule has 7 heteroatoms. The number of fused-ring (bicyclic) bond motifs is 1. The molecule has 0 unspecified atom stereocenters. The van der Waals surface area contributed by atoms with E-state index in [2.05, 4.69) is 46.3 Å². The van der Waals surface area contributed by atoms with Crippen LogP contribution in [0.4, 0.5) is 0 Å². The van der Waals surface area contributed by atoms with Gasteiger partial charge < -0.3 is 20.1 Å². The van der Waals surface area contributed by atoms with Crippen molar-refractivity contribution in [3.05, 3.63) is 95.6 Å². The van der Waals surface area contributed by atoms with Gasteiger partial charge in [0.05, 0.1) is 29.4 Å². The molecule has 4 aromatic rings. The minimum absolute atomic E-state index is 0.0698. The van der Waals surface area contributed by atoms with Gasteiger partial charge in [0, 0.05) is 35.2 Å². The van der Waals surface area contributed by atoms with Crippen LogP contribution in [-0.2, 0) is 6.54 Å². The number of pyridine rings is 1. The third kappa shape index (κ3) is 7.38. The average Bonchev–Trinajstić information content (AvgIpc) is 3.10. The molecule has 0 bridgehead atoms. The Morgan fingerprint density at radius 1 is 0.956 bits per heavy atom. The van der Waals surface area contributed by atoms with Gasteiger partial charge in [-0.05, 0) is 76.0 Å². The Morgan fingerprint density at radius 3 is 2.36 bits per heavy atom. The number of ether oxygens (including phenoxy) is 1. The fraction of sp³-hybridized carbons (Fsp3) is 0.421. The van der Waals surface area contributed by atoms with Crippen molar-refractivity contribution in [3.63, 3.8) is 0 Å². The van der Waals surface area contributed by atoms with Crippen LogP contribution >= 0.6 is 0 Å². The summed E-state index contributed by atoms with van der Waals surface area (Å²) in [6.45, 7) is 7.36. The van der Waals surface area contributed by atoms with Gasteiger partial charge in [-0.3, -0.25) is 9.69 Å². The van der Waals surface area contributed by atoms with Crippen molar-refractivity contribution in [2.24, 2.45) is 0 Å². The molecule has 2 aliphatic heterocycles. The first-order valence-corrected chi connectivity index (χ1v) is 16.7. The molecule has 0 saturated carbocycles. The molecule has 0 spiro atoms. The maximum atomic E-state index is 14.5. The van der Waals surface area contributed by atoms with Crippen LogP contribution in [0.3, 0.4) is 0 Å². The van der Waals surface area contributed by atoms with Crippen molar-refractivity contribution in [2.75, 3.05) is 39.4 Å². The zero-order valence-electron chi connectivity index (χ0n) is 26.5. The van der Waals surface area contributed by atoms with Crippen LogP contribution in [0.15, 0.2) is 78.9 Å². The lowest BCUT2D eigenvalue weighted by Gasteiger charge is -2.40. The van der Waals surface area contributed by atoms with Gasteiger partial charge in [0.25, 0.3) is 5.91 Å². The van der Waals surface area contributed by atoms with Crippen LogP contribution < -0.4 is 10.1 Å². The highest BCUT2D eigenvalue weighted by molar-refractivity contribution is 6.09. The molecule has 1 amide bonds. The summed E-state index contributed by atoms with van der Waals surface area (Å²) in [4.78, 5) is 25.0. The Hall–Kier alpha value is -3.78. The second-order valence-electron chi connectivity index (χ2n) is 12.4. The van der Waals surface area contributed by atoms with Gasteiger partial charge in [-0.25, -0.2) is 4.98 Å². The Bertz CT molecular complexity index is 1550. The number of hydrogen-bond donors (Lipinski definition) is 2. The maximum Gasteiger partial charge on any atom is 0.252 e. The molecule has 1 atom stereocenters. The zero-order chi connectivity index (χ0) is 31.0. The smallest absolute Gasteiger partial charge is 0.252 e. The summed E-state index contributed by atoms with van der Waals surface area (Å²) in [5.41, 5.74) is 5.27. The van der Waals surface area contributed by atoms with E-state index in [0.29, 0.717) is 29.4 Å². The van der Waals surface area contributed by atoms with Crippen LogP contribution in [0.25, 0.3) is 22.2 Å². The monoisotopic (exact) mass is 606 g/mol. The summed E-state index contributed by atoms with van der Waals surface area (Å²) in [6.07, 6.45) is 7.08. The summed E-state index contributed by atoms with van der Waals surface area (Å²) < 4.78 is 5.76. The number of rotatable bonds is 11. The van der Waals surface area contributed by atoms with Crippen LogP contribution in [0, 0.1) is 0 Å². The van der Waals surface area contributed by atoms with E-state index in [9.17, 15) is 9.90 Å². The molecule has 0 aliphatic carbocycles. The van der Waals surface area contributed by atoms with Gasteiger partial charge in [0.2, 0.25) is 0 Å². The first-order valence-electron chi connectivity index (χ1n) is 16.7. The minimum Gasteiger partial charge on any atom is -0.491 e. The van der Waals surface area contributed by atoms with E-state index in [1.807, 2.05) is 54.6 Å². The fourth-order valence-electron chi connectivity index (χ4n) is 7.07. The number of nitrogens with one attached hydrogen (secondary N) is 1. The standard InChI is InChI=1S/C38H46N4O3/c1-2-34(28-12-6-3-7-13-28)40-38(44)36-32-17-16-31(45-25-24-43)26-35(32)39-37(29-14-8-4-9-15-29)33(36)27-41-22-18-30(19-23-41)42-20-10-5-11-21-42/h3-4,6-9,12-17,26,30,34,43H,2,5,10-11,18-25,27H2,1H3,(H,40,44)/t34-/m1/s1. The van der Waals surface area contributed by atoms with Crippen molar-refractivity contribution in [3.8, 4) is 17.0 Å². The number of nitrogens with zero attached hydrogens (tertiary/aromatic N) is 3. The molecular formula is C38H46N4O3. The highest BCUT2D eigenvalue weighted by Gasteiger charge is 2.29. The number of carbonyl (C=O) groups excluding carboxylic acids is 1. The Balaban J connectivity index is 1.40. The highest BCUT2D eigenvalue weighted by atomic mass is 16.5. The first-order chi connectivity index (χ1) is 22.1. The van der Waals surface area contributed by atoms with Gasteiger partial charge in [0.1, 0.15) is 12.4 Å². The molecule has 2 fully saturated rings. The number of aliphatic hydroxyl groups is 1. The van der Waals surface area contributed by atoms with Crippen molar-refractivity contribution in [1.29, 1.82) is 0 Å². The van der Waals surface area contributed by atoms with E-state index >= 15 is 0 Å². The molecule has 1 aromatic heterocycles. The van der Waals surface area contributed by atoms with E-state index < -0.39 is 0 Å². The topological polar surface area (TPSA) is 77.9 Å². The van der Waals surface area contributed by atoms with E-state index in [0.717, 1.165) is 60.1 Å². The lowest BCUT2D eigenvalue weighted by molar-refractivity contribution is 0.0883. The summed E-state index contributed by atoms with van der Waals surface area (Å²) >= 11 is 0. The summed E-state index contributed by atoms with van der Waals surface area (Å²) in [5.74, 6) is 0.537. The number of piperidine rings is 2. The number of hydrogen-bond acceptors (Lipinski definition) is 6. The Morgan fingerprint density at radius 2 is 1.67 bits per heavy atom. The molecule has 3 aromatic carbocycles. The quantitative estimate of drug-likeness (QED) is 0.200. The lowest BCUT2D eigenvalue weighted by Crippen LogP contribution is -2.46. The number of likely N-dealkylation sites (tertiary alicyclic amines) is 2. The number of carbonyl (C=O) groups is 1. The number of aromatic nitrogens is 1. The van der Waals surface area contributed by atoms with Crippen molar-refractivity contribution in [1.82, 2.24) is 20.1 Å². The molecule has 3 heterocycles. The van der Waals surface area contributed by atoms with Crippen molar-refractivity contribution >= 4 is 16.8 Å². The third-order valence-corrected chi connectivity index (χ3v) is 9.45. The number of benzene rings is 3. The Labute approximate surface area is 267 Å². The highest BCUT2D eigenvalue weighted by Crippen LogP contribution is 2.34. The molecule has 7 nitrogen and oxygen atoms in total. The van der Waals surface area contributed by atoms with Crippen LogP contribution in [-0.4, -0.2) is 71.2 Å². The van der Waals surface area contributed by atoms with Crippen molar-refractivity contribution < 1.29 is 14.6 Å². The SMILES string of the molecule is CC[C@@H](NC(=O)c1c(CN2CCC(N3CCCCC3)CC2)c(-c2ccccc2)nc2cc(OCCO)ccc12)c1ccccc1. The third-order valence-electron chi connectivity index (χ3n) is 9.45. The summed E-state index contributed by atoms with van der Waals surface area (Å²) in [6, 6.07) is 26.7. The molecule has 2 N–H and O–H groups in total. The van der Waals surface area contributed by atoms with Gasteiger partial charge in [-0.2, -0.15) is 0 Å². The van der Waals surface area contributed by atoms with E-state index in [1.54, 1.807) is 0 Å². The molecular weight excluding hydrogens is 560 g/mol. The number of aliphatic hydroxyl groups excluding tert-OH is 1. The fourth-order valence-corrected chi connectivity index (χ4v) is 7.07. The second kappa shape index (κ2) is 15.0. The second-order valence-corrected chi connectivity index (χ2v) is 12.4.